The fourth-order valence-electron chi connectivity index (χ4n) is 6.54. The van der Waals surface area contributed by atoms with E-state index in [1.165, 1.54) is 0 Å². The van der Waals surface area contributed by atoms with Crippen LogP contribution in [-0.2, 0) is 49.3 Å². The van der Waals surface area contributed by atoms with Crippen molar-refractivity contribution in [3.05, 3.63) is 35.9 Å². The van der Waals surface area contributed by atoms with E-state index in [9.17, 15) is 0 Å². The molecule has 5 saturated heterocycles. The molecule has 10 heteroatoms. The van der Waals surface area contributed by atoms with E-state index in [2.05, 4.69) is 17.3 Å². The molecule has 0 amide bonds. The maximum atomic E-state index is 6.85. The number of hydrogen-bond acceptors (Lipinski definition) is 10. The van der Waals surface area contributed by atoms with Crippen LogP contribution in [0.2, 0.25) is 0 Å². The molecule has 37 heavy (non-hydrogen) atoms. The summed E-state index contributed by atoms with van der Waals surface area (Å²) in [5, 5.41) is 4.42. The molecule has 0 aromatic heterocycles. The molecule has 0 aliphatic carbocycles. The van der Waals surface area contributed by atoms with Gasteiger partial charge < -0.3 is 42.7 Å². The minimum Gasteiger partial charge on any atom is -0.395 e. The number of nitrogens with zero attached hydrogens (tertiary/aromatic N) is 1. The highest BCUT2D eigenvalue weighted by atomic mass is 16.9. The van der Waals surface area contributed by atoms with Crippen LogP contribution in [0.4, 0.5) is 0 Å². The van der Waals surface area contributed by atoms with Gasteiger partial charge in [-0.15, -0.1) is 0 Å². The van der Waals surface area contributed by atoms with Crippen LogP contribution in [0, 0.1) is 5.92 Å². The molecule has 6 heterocycles. The van der Waals surface area contributed by atoms with Gasteiger partial charge in [0.05, 0.1) is 25.0 Å². The lowest BCUT2D eigenvalue weighted by atomic mass is 9.79. The van der Waals surface area contributed by atoms with E-state index in [1.54, 1.807) is 0 Å². The predicted octanol–water partition coefficient (Wildman–Crippen LogP) is 2.88. The van der Waals surface area contributed by atoms with Crippen molar-refractivity contribution >= 4 is 5.71 Å². The van der Waals surface area contributed by atoms with Crippen molar-refractivity contribution in [2.45, 2.75) is 107 Å². The highest BCUT2D eigenvalue weighted by Gasteiger charge is 2.66. The molecule has 7 rings (SSSR count). The van der Waals surface area contributed by atoms with Gasteiger partial charge in [0.15, 0.2) is 24.2 Å². The first-order chi connectivity index (χ1) is 17.7. The minimum atomic E-state index is -0.842. The Morgan fingerprint density at radius 3 is 2.51 bits per heavy atom. The molecule has 10 nitrogen and oxygen atoms in total. The highest BCUT2D eigenvalue weighted by molar-refractivity contribution is 5.88. The van der Waals surface area contributed by atoms with Crippen LogP contribution in [0.25, 0.3) is 0 Å². The van der Waals surface area contributed by atoms with Crippen LogP contribution in [0.3, 0.4) is 0 Å². The Labute approximate surface area is 216 Å². The Morgan fingerprint density at radius 1 is 0.892 bits per heavy atom. The molecular weight excluding hydrogens is 482 g/mol. The summed E-state index contributed by atoms with van der Waals surface area (Å²) in [6, 6.07) is 10.1. The second-order valence-electron chi connectivity index (χ2n) is 11.7. The standard InChI is InChI=1S/C27H35NO9/c1-25(2)34-21-20-18(32-23(21)36-25)10-17-16(13-31-28-17)11-27(30-12-15-8-6-5-7-9-15)19(14-29-20)33-24-22(27)35-26(3,4)37-24/h5-9,16,18-24H,10-14H2,1-4H3/t16-,18-,19-,20+,21-,22+,23-,24-,27-/m1/s1. The Morgan fingerprint density at radius 2 is 1.68 bits per heavy atom. The lowest BCUT2D eigenvalue weighted by Crippen LogP contribution is -2.56. The van der Waals surface area contributed by atoms with Gasteiger partial charge in [-0.3, -0.25) is 0 Å². The zero-order valence-electron chi connectivity index (χ0n) is 21.7. The largest absolute Gasteiger partial charge is 0.395 e. The van der Waals surface area contributed by atoms with Crippen LogP contribution in [0.15, 0.2) is 35.5 Å². The topological polar surface area (TPSA) is 95.4 Å². The Kier molecular flexibility index (Phi) is 5.73. The van der Waals surface area contributed by atoms with Crippen molar-refractivity contribution in [2.75, 3.05) is 13.2 Å². The summed E-state index contributed by atoms with van der Waals surface area (Å²) in [6.45, 7) is 8.70. The molecule has 0 spiro atoms. The number of benzene rings is 1. The number of oxime groups is 1. The van der Waals surface area contributed by atoms with E-state index in [4.69, 9.17) is 42.7 Å². The van der Waals surface area contributed by atoms with Crippen molar-refractivity contribution in [3.8, 4) is 0 Å². The maximum Gasteiger partial charge on any atom is 0.190 e. The van der Waals surface area contributed by atoms with Crippen LogP contribution in [0.1, 0.15) is 46.1 Å². The van der Waals surface area contributed by atoms with Gasteiger partial charge in [-0.05, 0) is 39.7 Å². The van der Waals surface area contributed by atoms with Crippen LogP contribution in [-0.4, -0.2) is 79.2 Å². The maximum absolute atomic E-state index is 6.85. The van der Waals surface area contributed by atoms with Gasteiger partial charge in [0.2, 0.25) is 0 Å². The molecular formula is C27H35NO9. The van der Waals surface area contributed by atoms with Crippen molar-refractivity contribution in [1.82, 2.24) is 0 Å². The average molecular weight is 518 g/mol. The summed E-state index contributed by atoms with van der Waals surface area (Å²) in [5.74, 6) is -1.53. The fraction of sp³-hybridized carbons (Fsp3) is 0.741. The molecule has 0 bridgehead atoms. The molecule has 0 N–H and O–H groups in total. The summed E-state index contributed by atoms with van der Waals surface area (Å²) < 4.78 is 51.0. The van der Waals surface area contributed by atoms with Gasteiger partial charge in [0.1, 0.15) is 36.6 Å². The summed E-state index contributed by atoms with van der Waals surface area (Å²) in [6.07, 6.45) is -1.77. The molecule has 6 aliphatic heterocycles. The Bertz CT molecular complexity index is 1050. The number of rotatable bonds is 3. The Balaban J connectivity index is 1.23. The quantitative estimate of drug-likeness (QED) is 0.600. The predicted molar refractivity (Wildman–Crippen MR) is 127 cm³/mol. The molecule has 0 saturated carbocycles. The van der Waals surface area contributed by atoms with E-state index in [0.717, 1.165) is 11.3 Å². The van der Waals surface area contributed by atoms with Gasteiger partial charge in [-0.1, -0.05) is 35.5 Å². The summed E-state index contributed by atoms with van der Waals surface area (Å²) in [7, 11) is 0. The first-order valence-corrected chi connectivity index (χ1v) is 13.2. The van der Waals surface area contributed by atoms with Crippen LogP contribution >= 0.6 is 0 Å². The number of hydrogen-bond donors (Lipinski definition) is 0. The summed E-state index contributed by atoms with van der Waals surface area (Å²) >= 11 is 0. The van der Waals surface area contributed by atoms with E-state index in [1.807, 2.05) is 45.9 Å². The molecule has 1 aromatic rings. The lowest BCUT2D eigenvalue weighted by Gasteiger charge is -2.41. The van der Waals surface area contributed by atoms with E-state index >= 15 is 0 Å². The van der Waals surface area contributed by atoms with Gasteiger partial charge in [0, 0.05) is 12.3 Å². The molecule has 0 radical (unpaired) electrons. The monoisotopic (exact) mass is 517 g/mol. The summed E-state index contributed by atoms with van der Waals surface area (Å²) in [4.78, 5) is 5.63. The normalized spacial score (nSPS) is 45.2. The van der Waals surface area contributed by atoms with Gasteiger partial charge >= 0.3 is 0 Å². The third-order valence-corrected chi connectivity index (χ3v) is 8.17. The van der Waals surface area contributed by atoms with E-state index in [0.29, 0.717) is 26.1 Å². The SMILES string of the molecule is CC1(C)O[C@H]2O[C@@H]3CC4=NOC[C@H]4C[C@@]4(OCc5ccccc5)[C@@H](CO[C@@H]3[C@H]2O1)O[C@@H]1OC(C)(C)O[C@@H]14. The third kappa shape index (κ3) is 4.22. The Hall–Kier alpha value is -1.63. The van der Waals surface area contributed by atoms with E-state index in [-0.39, 0.29) is 30.8 Å². The molecule has 1 aromatic carbocycles. The lowest BCUT2D eigenvalue weighted by molar-refractivity contribution is -0.254. The zero-order valence-corrected chi connectivity index (χ0v) is 21.7. The molecule has 5 fully saturated rings. The van der Waals surface area contributed by atoms with Gasteiger partial charge in [0.25, 0.3) is 0 Å². The second-order valence-corrected chi connectivity index (χ2v) is 11.7. The zero-order chi connectivity index (χ0) is 25.4. The highest BCUT2D eigenvalue weighted by Crippen LogP contribution is 2.50. The van der Waals surface area contributed by atoms with Crippen LogP contribution in [0.5, 0.6) is 0 Å². The smallest absolute Gasteiger partial charge is 0.190 e. The second kappa shape index (κ2) is 8.69. The van der Waals surface area contributed by atoms with E-state index < -0.39 is 42.0 Å². The number of fused-ring (bicyclic) bond motifs is 7. The molecule has 6 aliphatic rings. The van der Waals surface area contributed by atoms with Crippen molar-refractivity contribution in [2.24, 2.45) is 11.1 Å². The van der Waals surface area contributed by atoms with Crippen molar-refractivity contribution in [1.29, 1.82) is 0 Å². The average Bonchev–Trinajstić information content (AvgIpc) is 3.60. The van der Waals surface area contributed by atoms with Crippen LogP contribution < -0.4 is 0 Å². The van der Waals surface area contributed by atoms with Crippen molar-refractivity contribution < 1.29 is 42.7 Å². The first-order valence-electron chi connectivity index (χ1n) is 13.2. The third-order valence-electron chi connectivity index (χ3n) is 8.17. The fourth-order valence-corrected chi connectivity index (χ4v) is 6.54. The minimum absolute atomic E-state index is 0.00834. The molecule has 202 valence electrons. The molecule has 0 unspecified atom stereocenters. The van der Waals surface area contributed by atoms with Crippen molar-refractivity contribution in [3.63, 3.8) is 0 Å². The first kappa shape index (κ1) is 24.4. The summed E-state index contributed by atoms with van der Waals surface area (Å²) in [5.41, 5.74) is 1.14. The number of ether oxygens (including phenoxy) is 8. The van der Waals surface area contributed by atoms with Gasteiger partial charge in [-0.2, -0.15) is 0 Å². The molecule has 9 atom stereocenters. The van der Waals surface area contributed by atoms with Gasteiger partial charge in [-0.25, -0.2) is 0 Å².